The summed E-state index contributed by atoms with van der Waals surface area (Å²) in [5.41, 5.74) is 2.82. The molecule has 3 heterocycles. The summed E-state index contributed by atoms with van der Waals surface area (Å²) in [7, 11) is 0. The number of rotatable bonds is 5. The lowest BCUT2D eigenvalue weighted by atomic mass is 10.2. The van der Waals surface area contributed by atoms with Crippen LogP contribution in [-0.4, -0.2) is 19.7 Å². The summed E-state index contributed by atoms with van der Waals surface area (Å²) in [6.07, 6.45) is 5.22. The molecule has 0 saturated carbocycles. The lowest BCUT2D eigenvalue weighted by molar-refractivity contribution is 0.305. The van der Waals surface area contributed by atoms with Crippen molar-refractivity contribution in [3.8, 4) is 23.0 Å². The third-order valence-corrected chi connectivity index (χ3v) is 3.76. The molecule has 122 valence electrons. The van der Waals surface area contributed by atoms with Crippen molar-refractivity contribution in [3.63, 3.8) is 0 Å². The Morgan fingerprint density at radius 3 is 2.44 bits per heavy atom. The van der Waals surface area contributed by atoms with Crippen LogP contribution in [0.2, 0.25) is 0 Å². The maximum atomic E-state index is 5.78. The van der Waals surface area contributed by atoms with Gasteiger partial charge < -0.3 is 4.74 Å². The van der Waals surface area contributed by atoms with Gasteiger partial charge in [-0.25, -0.2) is 9.67 Å². The molecular formula is C20H16N4O. The van der Waals surface area contributed by atoms with Gasteiger partial charge in [0.15, 0.2) is 5.82 Å². The van der Waals surface area contributed by atoms with E-state index < -0.39 is 0 Å². The summed E-state index contributed by atoms with van der Waals surface area (Å²) in [6, 6.07) is 21.5. The monoisotopic (exact) mass is 328 g/mol. The highest BCUT2D eigenvalue weighted by Crippen LogP contribution is 2.21. The van der Waals surface area contributed by atoms with Crippen molar-refractivity contribution in [2.24, 2.45) is 0 Å². The molecule has 5 heteroatoms. The fourth-order valence-corrected chi connectivity index (χ4v) is 2.52. The molecule has 0 amide bonds. The SMILES string of the molecule is c1ccc(COc2ccc(-c3ccnn3-c3ccccn3)nc2)cc1. The number of ether oxygens (including phenoxy) is 1. The number of nitrogens with zero attached hydrogens (tertiary/aromatic N) is 4. The zero-order valence-electron chi connectivity index (χ0n) is 13.5. The Morgan fingerprint density at radius 1 is 0.800 bits per heavy atom. The molecule has 1 aromatic carbocycles. The van der Waals surface area contributed by atoms with Gasteiger partial charge in [-0.05, 0) is 35.9 Å². The average molecular weight is 328 g/mol. The smallest absolute Gasteiger partial charge is 0.154 e. The van der Waals surface area contributed by atoms with Crippen LogP contribution in [0.1, 0.15) is 5.56 Å². The summed E-state index contributed by atoms with van der Waals surface area (Å²) in [5, 5.41) is 4.34. The first-order valence-electron chi connectivity index (χ1n) is 7.99. The highest BCUT2D eigenvalue weighted by Gasteiger charge is 2.09. The van der Waals surface area contributed by atoms with Crippen molar-refractivity contribution in [1.82, 2.24) is 19.7 Å². The van der Waals surface area contributed by atoms with Gasteiger partial charge in [0, 0.05) is 6.20 Å². The summed E-state index contributed by atoms with van der Waals surface area (Å²) in [6.45, 7) is 0.522. The van der Waals surface area contributed by atoms with E-state index in [0.717, 1.165) is 28.5 Å². The first kappa shape index (κ1) is 15.1. The van der Waals surface area contributed by atoms with Gasteiger partial charge in [0.05, 0.1) is 23.8 Å². The Bertz CT molecular complexity index is 934. The molecule has 0 radical (unpaired) electrons. The van der Waals surface area contributed by atoms with Gasteiger partial charge in [-0.3, -0.25) is 4.98 Å². The van der Waals surface area contributed by atoms with Crippen molar-refractivity contribution >= 4 is 0 Å². The van der Waals surface area contributed by atoms with Gasteiger partial charge in [-0.1, -0.05) is 36.4 Å². The van der Waals surface area contributed by atoms with E-state index in [0.29, 0.717) is 6.61 Å². The normalized spacial score (nSPS) is 10.6. The molecule has 25 heavy (non-hydrogen) atoms. The summed E-state index contributed by atoms with van der Waals surface area (Å²) in [4.78, 5) is 8.84. The fraction of sp³-hybridized carbons (Fsp3) is 0.0500. The number of pyridine rings is 2. The van der Waals surface area contributed by atoms with Crippen LogP contribution in [0.25, 0.3) is 17.2 Å². The molecule has 4 aromatic rings. The second kappa shape index (κ2) is 6.97. The molecule has 0 atom stereocenters. The summed E-state index contributed by atoms with van der Waals surface area (Å²) in [5.74, 6) is 1.49. The van der Waals surface area contributed by atoms with Gasteiger partial charge >= 0.3 is 0 Å². The van der Waals surface area contributed by atoms with E-state index in [9.17, 15) is 0 Å². The third-order valence-electron chi connectivity index (χ3n) is 3.76. The number of hydrogen-bond acceptors (Lipinski definition) is 4. The Balaban J connectivity index is 1.52. The average Bonchev–Trinajstić information content (AvgIpc) is 3.18. The van der Waals surface area contributed by atoms with Gasteiger partial charge in [-0.2, -0.15) is 5.10 Å². The second-order valence-electron chi connectivity index (χ2n) is 5.47. The molecule has 0 spiro atoms. The van der Waals surface area contributed by atoms with Crippen LogP contribution < -0.4 is 4.74 Å². The molecular weight excluding hydrogens is 312 g/mol. The topological polar surface area (TPSA) is 52.8 Å². The Morgan fingerprint density at radius 2 is 1.68 bits per heavy atom. The number of benzene rings is 1. The van der Waals surface area contributed by atoms with Gasteiger partial charge in [0.25, 0.3) is 0 Å². The zero-order chi connectivity index (χ0) is 16.9. The first-order chi connectivity index (χ1) is 12.4. The molecule has 0 saturated heterocycles. The molecule has 0 unspecified atom stereocenters. The van der Waals surface area contributed by atoms with E-state index in [1.165, 1.54) is 0 Å². The number of aromatic nitrogens is 4. The lowest BCUT2D eigenvalue weighted by Crippen LogP contribution is -2.02. The maximum Gasteiger partial charge on any atom is 0.154 e. The molecule has 0 fully saturated rings. The minimum absolute atomic E-state index is 0.522. The predicted octanol–water partition coefficient (Wildman–Crippen LogP) is 3.91. The first-order valence-corrected chi connectivity index (χ1v) is 7.99. The van der Waals surface area contributed by atoms with E-state index in [1.54, 1.807) is 23.3 Å². The standard InChI is InChI=1S/C20H16N4O/c1-2-6-16(7-3-1)15-25-17-9-10-18(22-14-17)19-11-13-23-24(19)20-8-4-5-12-21-20/h1-14H,15H2. The molecule has 3 aromatic heterocycles. The maximum absolute atomic E-state index is 5.78. The van der Waals surface area contributed by atoms with Crippen LogP contribution in [0.3, 0.4) is 0 Å². The summed E-state index contributed by atoms with van der Waals surface area (Å²) >= 11 is 0. The molecule has 4 rings (SSSR count). The minimum atomic E-state index is 0.522. The molecule has 0 aliphatic carbocycles. The van der Waals surface area contributed by atoms with Crippen molar-refractivity contribution in [2.75, 3.05) is 0 Å². The van der Waals surface area contributed by atoms with E-state index in [-0.39, 0.29) is 0 Å². The van der Waals surface area contributed by atoms with Gasteiger partial charge in [-0.15, -0.1) is 0 Å². The highest BCUT2D eigenvalue weighted by atomic mass is 16.5. The molecule has 5 nitrogen and oxygen atoms in total. The Kier molecular flexibility index (Phi) is 4.20. The van der Waals surface area contributed by atoms with Crippen molar-refractivity contribution in [1.29, 1.82) is 0 Å². The number of hydrogen-bond donors (Lipinski definition) is 0. The van der Waals surface area contributed by atoms with Crippen LogP contribution in [0.5, 0.6) is 5.75 Å². The minimum Gasteiger partial charge on any atom is -0.487 e. The van der Waals surface area contributed by atoms with Crippen LogP contribution in [0, 0.1) is 0 Å². The summed E-state index contributed by atoms with van der Waals surface area (Å²) < 4.78 is 7.55. The van der Waals surface area contributed by atoms with Crippen molar-refractivity contribution in [2.45, 2.75) is 6.61 Å². The second-order valence-corrected chi connectivity index (χ2v) is 5.47. The van der Waals surface area contributed by atoms with E-state index in [1.807, 2.05) is 66.7 Å². The van der Waals surface area contributed by atoms with Gasteiger partial charge in [0.2, 0.25) is 0 Å². The Hall–Kier alpha value is -3.47. The van der Waals surface area contributed by atoms with E-state index in [2.05, 4.69) is 15.1 Å². The quantitative estimate of drug-likeness (QED) is 0.557. The molecule has 0 N–H and O–H groups in total. The highest BCUT2D eigenvalue weighted by molar-refractivity contribution is 5.57. The largest absolute Gasteiger partial charge is 0.487 e. The van der Waals surface area contributed by atoms with Crippen molar-refractivity contribution in [3.05, 3.63) is 90.9 Å². The zero-order valence-corrected chi connectivity index (χ0v) is 13.5. The van der Waals surface area contributed by atoms with E-state index >= 15 is 0 Å². The van der Waals surface area contributed by atoms with Crippen LogP contribution in [0.15, 0.2) is 85.3 Å². The van der Waals surface area contributed by atoms with E-state index in [4.69, 9.17) is 4.74 Å². The van der Waals surface area contributed by atoms with Crippen molar-refractivity contribution < 1.29 is 4.74 Å². The molecule has 0 aliphatic heterocycles. The van der Waals surface area contributed by atoms with Crippen LogP contribution in [0.4, 0.5) is 0 Å². The van der Waals surface area contributed by atoms with Crippen LogP contribution in [-0.2, 0) is 6.61 Å². The predicted molar refractivity (Wildman–Crippen MR) is 95.4 cm³/mol. The molecule has 0 bridgehead atoms. The Labute approximate surface area is 145 Å². The van der Waals surface area contributed by atoms with Gasteiger partial charge in [0.1, 0.15) is 12.4 Å². The lowest BCUT2D eigenvalue weighted by Gasteiger charge is -2.08. The third kappa shape index (κ3) is 3.40. The van der Waals surface area contributed by atoms with Crippen LogP contribution >= 0.6 is 0 Å². The fourth-order valence-electron chi connectivity index (χ4n) is 2.52. The molecule has 0 aliphatic rings.